The van der Waals surface area contributed by atoms with Crippen molar-refractivity contribution in [2.24, 2.45) is 5.41 Å². The maximum absolute atomic E-state index is 11.8. The highest BCUT2D eigenvalue weighted by atomic mass is 32.2. The minimum atomic E-state index is -3.17. The van der Waals surface area contributed by atoms with E-state index in [0.29, 0.717) is 10.3 Å². The van der Waals surface area contributed by atoms with Crippen molar-refractivity contribution in [2.45, 2.75) is 44.4 Å². The average molecular weight is 383 g/mol. The molecule has 0 aliphatic heterocycles. The van der Waals surface area contributed by atoms with Crippen LogP contribution < -0.4 is 4.74 Å². The number of allylic oxidation sites excluding steroid dienone is 2. The predicted molar refractivity (Wildman–Crippen MR) is 110 cm³/mol. The van der Waals surface area contributed by atoms with Gasteiger partial charge in [-0.2, -0.15) is 0 Å². The van der Waals surface area contributed by atoms with Gasteiger partial charge in [0, 0.05) is 6.26 Å². The van der Waals surface area contributed by atoms with Crippen molar-refractivity contribution in [1.29, 1.82) is 0 Å². The smallest absolute Gasteiger partial charge is 0.175 e. The Morgan fingerprint density at radius 3 is 1.85 bits per heavy atom. The van der Waals surface area contributed by atoms with Crippen molar-refractivity contribution in [3.8, 4) is 5.75 Å². The first-order valence-corrected chi connectivity index (χ1v) is 11.3. The SMILES string of the molecule is COc1c(C)cc(C2=C(c3ccc(S(C)(=O)=O)cc3)CC3(CC3)C2)cc1C. The van der Waals surface area contributed by atoms with E-state index in [1.807, 2.05) is 12.1 Å². The third kappa shape index (κ3) is 3.31. The van der Waals surface area contributed by atoms with Gasteiger partial charge in [0.15, 0.2) is 9.84 Å². The van der Waals surface area contributed by atoms with Crippen LogP contribution in [0.1, 0.15) is 47.9 Å². The molecule has 0 radical (unpaired) electrons. The van der Waals surface area contributed by atoms with Crippen molar-refractivity contribution < 1.29 is 13.2 Å². The van der Waals surface area contributed by atoms with Crippen LogP contribution in [0.4, 0.5) is 0 Å². The average Bonchev–Trinajstić information content (AvgIpc) is 3.24. The molecule has 142 valence electrons. The lowest BCUT2D eigenvalue weighted by Gasteiger charge is -2.14. The second kappa shape index (κ2) is 6.23. The van der Waals surface area contributed by atoms with Crippen molar-refractivity contribution in [1.82, 2.24) is 0 Å². The molecule has 0 atom stereocenters. The van der Waals surface area contributed by atoms with Crippen LogP contribution in [-0.4, -0.2) is 21.8 Å². The topological polar surface area (TPSA) is 43.4 Å². The summed E-state index contributed by atoms with van der Waals surface area (Å²) in [6, 6.07) is 11.9. The van der Waals surface area contributed by atoms with Gasteiger partial charge < -0.3 is 4.74 Å². The molecule has 4 rings (SSSR count). The molecule has 27 heavy (non-hydrogen) atoms. The molecule has 0 aromatic heterocycles. The molecule has 1 saturated carbocycles. The van der Waals surface area contributed by atoms with Gasteiger partial charge in [-0.05, 0) is 103 Å². The van der Waals surface area contributed by atoms with Gasteiger partial charge in [0.1, 0.15) is 5.75 Å². The van der Waals surface area contributed by atoms with Crippen molar-refractivity contribution in [3.05, 3.63) is 58.7 Å². The van der Waals surface area contributed by atoms with Gasteiger partial charge in [-0.1, -0.05) is 12.1 Å². The van der Waals surface area contributed by atoms with Crippen LogP contribution in [-0.2, 0) is 9.84 Å². The van der Waals surface area contributed by atoms with Gasteiger partial charge in [0.05, 0.1) is 12.0 Å². The molecule has 4 heteroatoms. The Kier molecular flexibility index (Phi) is 4.22. The highest BCUT2D eigenvalue weighted by molar-refractivity contribution is 7.90. The highest BCUT2D eigenvalue weighted by Gasteiger charge is 2.48. The molecule has 0 amide bonds. The van der Waals surface area contributed by atoms with E-state index in [1.54, 1.807) is 19.2 Å². The lowest BCUT2D eigenvalue weighted by atomic mass is 9.94. The van der Waals surface area contributed by atoms with E-state index in [0.717, 1.165) is 35.3 Å². The Morgan fingerprint density at radius 1 is 0.889 bits per heavy atom. The second-order valence-electron chi connectivity index (χ2n) is 8.25. The fourth-order valence-corrected chi connectivity index (χ4v) is 5.09. The van der Waals surface area contributed by atoms with E-state index in [-0.39, 0.29) is 0 Å². The molecule has 2 aromatic carbocycles. The number of methoxy groups -OCH3 is 1. The summed E-state index contributed by atoms with van der Waals surface area (Å²) in [7, 11) is -1.45. The maximum atomic E-state index is 11.8. The van der Waals surface area contributed by atoms with E-state index in [1.165, 1.54) is 35.8 Å². The van der Waals surface area contributed by atoms with E-state index in [4.69, 9.17) is 4.74 Å². The second-order valence-corrected chi connectivity index (χ2v) is 10.3. The summed E-state index contributed by atoms with van der Waals surface area (Å²) in [5.74, 6) is 0.956. The van der Waals surface area contributed by atoms with Gasteiger partial charge in [-0.15, -0.1) is 0 Å². The van der Waals surface area contributed by atoms with Crippen LogP contribution in [0.2, 0.25) is 0 Å². The molecule has 0 bridgehead atoms. The molecule has 1 fully saturated rings. The zero-order valence-electron chi connectivity index (χ0n) is 16.4. The number of benzene rings is 2. The number of hydrogen-bond acceptors (Lipinski definition) is 3. The van der Waals surface area contributed by atoms with Crippen molar-refractivity contribution in [3.63, 3.8) is 0 Å². The first-order chi connectivity index (χ1) is 12.7. The molecule has 2 aliphatic rings. The van der Waals surface area contributed by atoms with Crippen LogP contribution in [0.15, 0.2) is 41.3 Å². The Bertz CT molecular complexity index is 1020. The summed E-state index contributed by atoms with van der Waals surface area (Å²) in [6.45, 7) is 4.19. The first kappa shape index (κ1) is 18.3. The summed E-state index contributed by atoms with van der Waals surface area (Å²) in [4.78, 5) is 0.378. The standard InChI is InChI=1S/C23H26O3S/c1-15-11-18(12-16(2)22(15)26-3)21-14-23(9-10-23)13-20(21)17-5-7-19(8-6-17)27(4,24)25/h5-8,11-12H,9-10,13-14H2,1-4H3. The summed E-state index contributed by atoms with van der Waals surface area (Å²) >= 11 is 0. The molecule has 1 spiro atoms. The minimum absolute atomic E-state index is 0.378. The quantitative estimate of drug-likeness (QED) is 0.730. The zero-order valence-corrected chi connectivity index (χ0v) is 17.2. The van der Waals surface area contributed by atoms with E-state index >= 15 is 0 Å². The first-order valence-electron chi connectivity index (χ1n) is 9.41. The van der Waals surface area contributed by atoms with E-state index in [2.05, 4.69) is 26.0 Å². The van der Waals surface area contributed by atoms with Gasteiger partial charge in [0.2, 0.25) is 0 Å². The Hall–Kier alpha value is -2.07. The van der Waals surface area contributed by atoms with Gasteiger partial charge in [0.25, 0.3) is 0 Å². The van der Waals surface area contributed by atoms with Crippen molar-refractivity contribution >= 4 is 21.0 Å². The molecule has 2 aliphatic carbocycles. The Labute approximate surface area is 162 Å². The van der Waals surface area contributed by atoms with Crippen LogP contribution in [0.3, 0.4) is 0 Å². The molecule has 3 nitrogen and oxygen atoms in total. The van der Waals surface area contributed by atoms with Crippen LogP contribution in [0, 0.1) is 19.3 Å². The normalized spacial score (nSPS) is 18.2. The fourth-order valence-electron chi connectivity index (χ4n) is 4.46. The fraction of sp³-hybridized carbons (Fsp3) is 0.391. The largest absolute Gasteiger partial charge is 0.496 e. The third-order valence-corrected chi connectivity index (χ3v) is 7.20. The van der Waals surface area contributed by atoms with E-state index < -0.39 is 9.84 Å². The number of hydrogen-bond donors (Lipinski definition) is 0. The highest BCUT2D eigenvalue weighted by Crippen LogP contribution is 2.63. The summed E-state index contributed by atoms with van der Waals surface area (Å²) in [5.41, 5.74) is 7.95. The number of ether oxygens (including phenoxy) is 1. The maximum Gasteiger partial charge on any atom is 0.175 e. The lowest BCUT2D eigenvalue weighted by Crippen LogP contribution is -1.97. The molecule has 0 unspecified atom stereocenters. The van der Waals surface area contributed by atoms with Gasteiger partial charge >= 0.3 is 0 Å². The monoisotopic (exact) mass is 382 g/mol. The summed E-state index contributed by atoms with van der Waals surface area (Å²) in [6.07, 6.45) is 6.03. The molecular formula is C23H26O3S. The Balaban J connectivity index is 1.81. The number of sulfone groups is 1. The lowest BCUT2D eigenvalue weighted by molar-refractivity contribution is 0.408. The van der Waals surface area contributed by atoms with Gasteiger partial charge in [-0.25, -0.2) is 8.42 Å². The molecule has 2 aromatic rings. The zero-order chi connectivity index (χ0) is 19.4. The van der Waals surface area contributed by atoms with Crippen molar-refractivity contribution in [2.75, 3.05) is 13.4 Å². The number of rotatable bonds is 4. The predicted octanol–water partition coefficient (Wildman–Crippen LogP) is 5.20. The summed E-state index contributed by atoms with van der Waals surface area (Å²) in [5, 5.41) is 0. The van der Waals surface area contributed by atoms with E-state index in [9.17, 15) is 8.42 Å². The van der Waals surface area contributed by atoms with Gasteiger partial charge in [-0.3, -0.25) is 0 Å². The molecule has 0 heterocycles. The Morgan fingerprint density at radius 2 is 1.41 bits per heavy atom. The molecule has 0 N–H and O–H groups in total. The number of aryl methyl sites for hydroxylation is 2. The molecular weight excluding hydrogens is 356 g/mol. The molecule has 0 saturated heterocycles. The van der Waals surface area contributed by atoms with Crippen LogP contribution >= 0.6 is 0 Å². The summed E-state index contributed by atoms with van der Waals surface area (Å²) < 4.78 is 29.1. The van der Waals surface area contributed by atoms with Crippen LogP contribution in [0.5, 0.6) is 5.75 Å². The minimum Gasteiger partial charge on any atom is -0.496 e. The third-order valence-electron chi connectivity index (χ3n) is 6.07. The van der Waals surface area contributed by atoms with Crippen LogP contribution in [0.25, 0.3) is 11.1 Å².